The number of likely N-dealkylation sites (tertiary alicyclic amines) is 1. The number of benzene rings is 1. The van der Waals surface area contributed by atoms with Crippen LogP contribution in [-0.2, 0) is 13.6 Å². The van der Waals surface area contributed by atoms with E-state index in [9.17, 15) is 5.11 Å². The monoisotopic (exact) mass is 367 g/mol. The first kappa shape index (κ1) is 17.9. The summed E-state index contributed by atoms with van der Waals surface area (Å²) >= 11 is 0. The number of nitrogens with zero attached hydrogens (tertiary/aromatic N) is 5. The van der Waals surface area contributed by atoms with Gasteiger partial charge in [-0.25, -0.2) is 4.98 Å². The number of rotatable bonds is 5. The maximum absolute atomic E-state index is 10.6. The molecule has 3 heterocycles. The van der Waals surface area contributed by atoms with Gasteiger partial charge in [-0.2, -0.15) is 4.98 Å². The van der Waals surface area contributed by atoms with Crippen LogP contribution in [0.25, 0.3) is 11.5 Å². The lowest BCUT2D eigenvalue weighted by molar-refractivity contribution is 0.0484. The van der Waals surface area contributed by atoms with Crippen LogP contribution < -0.4 is 0 Å². The standard InChI is InChI=1S/C20H25N5O2/c1-14-3-5-16(6-4-14)20-22-17(23-27-20)13-25-10-7-15(8-11-25)18(26)19-21-9-12-24(19)2/h3-6,9,12,15,18,26H,7-8,10-11,13H2,1-2H3. The number of imidazole rings is 1. The Morgan fingerprint density at radius 2 is 1.96 bits per heavy atom. The van der Waals surface area contributed by atoms with Gasteiger partial charge in [-0.3, -0.25) is 4.90 Å². The van der Waals surface area contributed by atoms with Crippen LogP contribution in [0.1, 0.15) is 36.2 Å². The maximum Gasteiger partial charge on any atom is 0.257 e. The molecule has 0 radical (unpaired) electrons. The summed E-state index contributed by atoms with van der Waals surface area (Å²) in [4.78, 5) is 11.1. The third-order valence-electron chi connectivity index (χ3n) is 5.33. The van der Waals surface area contributed by atoms with Gasteiger partial charge in [0.1, 0.15) is 11.9 Å². The van der Waals surface area contributed by atoms with Crippen LogP contribution in [0.15, 0.2) is 41.2 Å². The van der Waals surface area contributed by atoms with Gasteiger partial charge < -0.3 is 14.2 Å². The molecule has 0 spiro atoms. The minimum Gasteiger partial charge on any atom is -0.385 e. The highest BCUT2D eigenvalue weighted by molar-refractivity contribution is 5.53. The van der Waals surface area contributed by atoms with Crippen molar-refractivity contribution < 1.29 is 9.63 Å². The van der Waals surface area contributed by atoms with E-state index in [0.29, 0.717) is 18.3 Å². The van der Waals surface area contributed by atoms with E-state index in [0.717, 1.165) is 37.3 Å². The molecule has 1 atom stereocenters. The first-order chi connectivity index (χ1) is 13.1. The molecule has 0 saturated carbocycles. The number of aryl methyl sites for hydroxylation is 2. The summed E-state index contributed by atoms with van der Waals surface area (Å²) in [6, 6.07) is 8.07. The second-order valence-electron chi connectivity index (χ2n) is 7.34. The molecule has 1 aliphatic heterocycles. The molecule has 2 aromatic heterocycles. The van der Waals surface area contributed by atoms with E-state index >= 15 is 0 Å². The number of aliphatic hydroxyl groups is 1. The highest BCUT2D eigenvalue weighted by Gasteiger charge is 2.28. The normalized spacial score (nSPS) is 17.3. The first-order valence-electron chi connectivity index (χ1n) is 9.37. The van der Waals surface area contributed by atoms with Gasteiger partial charge in [-0.1, -0.05) is 22.9 Å². The summed E-state index contributed by atoms with van der Waals surface area (Å²) in [5, 5.41) is 14.7. The predicted molar refractivity (Wildman–Crippen MR) is 101 cm³/mol. The first-order valence-corrected chi connectivity index (χ1v) is 9.37. The summed E-state index contributed by atoms with van der Waals surface area (Å²) in [5.74, 6) is 2.24. The average molecular weight is 367 g/mol. The number of aromatic nitrogens is 4. The van der Waals surface area contributed by atoms with E-state index in [1.807, 2.05) is 42.1 Å². The molecular weight excluding hydrogens is 342 g/mol. The number of piperidine rings is 1. The lowest BCUT2D eigenvalue weighted by Crippen LogP contribution is -2.35. The van der Waals surface area contributed by atoms with Crippen LogP contribution in [0.5, 0.6) is 0 Å². The van der Waals surface area contributed by atoms with Crippen LogP contribution in [0.4, 0.5) is 0 Å². The third-order valence-corrected chi connectivity index (χ3v) is 5.33. The van der Waals surface area contributed by atoms with E-state index in [1.165, 1.54) is 5.56 Å². The zero-order valence-electron chi connectivity index (χ0n) is 15.7. The van der Waals surface area contributed by atoms with Crippen LogP contribution in [-0.4, -0.2) is 42.8 Å². The largest absolute Gasteiger partial charge is 0.385 e. The van der Waals surface area contributed by atoms with Crippen molar-refractivity contribution in [2.45, 2.75) is 32.4 Å². The molecule has 0 amide bonds. The molecule has 0 bridgehead atoms. The molecule has 4 rings (SSSR count). The van der Waals surface area contributed by atoms with Gasteiger partial charge in [0.25, 0.3) is 5.89 Å². The van der Waals surface area contributed by atoms with Crippen molar-refractivity contribution in [2.75, 3.05) is 13.1 Å². The highest BCUT2D eigenvalue weighted by atomic mass is 16.5. The lowest BCUT2D eigenvalue weighted by atomic mass is 9.90. The summed E-state index contributed by atoms with van der Waals surface area (Å²) in [6.07, 6.45) is 4.95. The summed E-state index contributed by atoms with van der Waals surface area (Å²) < 4.78 is 7.31. The van der Waals surface area contributed by atoms with Crippen molar-refractivity contribution in [3.63, 3.8) is 0 Å². The molecule has 7 nitrogen and oxygen atoms in total. The molecule has 1 aliphatic rings. The summed E-state index contributed by atoms with van der Waals surface area (Å²) in [6.45, 7) is 4.53. The molecule has 7 heteroatoms. The Balaban J connectivity index is 1.33. The average Bonchev–Trinajstić information content (AvgIpc) is 3.31. The van der Waals surface area contributed by atoms with Crippen molar-refractivity contribution in [2.24, 2.45) is 13.0 Å². The van der Waals surface area contributed by atoms with Crippen molar-refractivity contribution in [1.82, 2.24) is 24.6 Å². The number of hydrogen-bond acceptors (Lipinski definition) is 6. The van der Waals surface area contributed by atoms with Gasteiger partial charge in [0.05, 0.1) is 6.54 Å². The highest BCUT2D eigenvalue weighted by Crippen LogP contribution is 2.30. The van der Waals surface area contributed by atoms with Gasteiger partial charge >= 0.3 is 0 Å². The molecule has 1 N–H and O–H groups in total. The second kappa shape index (κ2) is 7.62. The van der Waals surface area contributed by atoms with Crippen molar-refractivity contribution in [1.29, 1.82) is 0 Å². The zero-order chi connectivity index (χ0) is 18.8. The van der Waals surface area contributed by atoms with E-state index in [2.05, 4.69) is 26.9 Å². The fourth-order valence-corrected chi connectivity index (χ4v) is 3.63. The molecule has 1 unspecified atom stereocenters. The van der Waals surface area contributed by atoms with E-state index in [-0.39, 0.29) is 5.92 Å². The van der Waals surface area contributed by atoms with E-state index < -0.39 is 6.10 Å². The molecule has 1 fully saturated rings. The summed E-state index contributed by atoms with van der Waals surface area (Å²) in [5.41, 5.74) is 2.14. The lowest BCUT2D eigenvalue weighted by Gasteiger charge is -2.33. The number of aliphatic hydroxyl groups excluding tert-OH is 1. The van der Waals surface area contributed by atoms with Gasteiger partial charge in [0.15, 0.2) is 5.82 Å². The van der Waals surface area contributed by atoms with Gasteiger partial charge in [0.2, 0.25) is 0 Å². The predicted octanol–water partition coefficient (Wildman–Crippen LogP) is 2.72. The Kier molecular flexibility index (Phi) is 5.05. The molecular formula is C20H25N5O2. The minimum absolute atomic E-state index is 0.232. The second-order valence-corrected chi connectivity index (χ2v) is 7.34. The van der Waals surface area contributed by atoms with Crippen molar-refractivity contribution >= 4 is 0 Å². The summed E-state index contributed by atoms with van der Waals surface area (Å²) in [7, 11) is 1.92. The van der Waals surface area contributed by atoms with E-state index in [4.69, 9.17) is 4.52 Å². The Hall–Kier alpha value is -2.51. The Labute approximate surface area is 158 Å². The van der Waals surface area contributed by atoms with Crippen molar-refractivity contribution in [3.05, 3.63) is 53.9 Å². The fraction of sp³-hybridized carbons (Fsp3) is 0.450. The third kappa shape index (κ3) is 3.94. The SMILES string of the molecule is Cc1ccc(-c2nc(CN3CCC(C(O)c4nccn4C)CC3)no2)cc1. The fourth-order valence-electron chi connectivity index (χ4n) is 3.63. The molecule has 1 aromatic carbocycles. The van der Waals surface area contributed by atoms with Crippen molar-refractivity contribution in [3.8, 4) is 11.5 Å². The topological polar surface area (TPSA) is 80.2 Å². The molecule has 27 heavy (non-hydrogen) atoms. The number of hydrogen-bond donors (Lipinski definition) is 1. The zero-order valence-corrected chi connectivity index (χ0v) is 15.7. The molecule has 1 saturated heterocycles. The quantitative estimate of drug-likeness (QED) is 0.747. The molecule has 3 aromatic rings. The smallest absolute Gasteiger partial charge is 0.257 e. The Morgan fingerprint density at radius 3 is 2.63 bits per heavy atom. The Bertz CT molecular complexity index is 878. The van der Waals surface area contributed by atoms with Crippen LogP contribution in [0, 0.1) is 12.8 Å². The minimum atomic E-state index is -0.509. The molecule has 142 valence electrons. The van der Waals surface area contributed by atoms with Crippen LogP contribution >= 0.6 is 0 Å². The van der Waals surface area contributed by atoms with Gasteiger partial charge in [-0.15, -0.1) is 0 Å². The Morgan fingerprint density at radius 1 is 1.22 bits per heavy atom. The van der Waals surface area contributed by atoms with Gasteiger partial charge in [0, 0.05) is 25.0 Å². The molecule has 0 aliphatic carbocycles. The van der Waals surface area contributed by atoms with Gasteiger partial charge in [-0.05, 0) is 50.9 Å². The maximum atomic E-state index is 10.6. The van der Waals surface area contributed by atoms with Crippen LogP contribution in [0.3, 0.4) is 0 Å². The van der Waals surface area contributed by atoms with Crippen LogP contribution in [0.2, 0.25) is 0 Å². The van der Waals surface area contributed by atoms with E-state index in [1.54, 1.807) is 6.20 Å².